The van der Waals surface area contributed by atoms with Crippen LogP contribution in [0.4, 0.5) is 0 Å². The first-order valence-corrected chi connectivity index (χ1v) is 6.05. The monoisotopic (exact) mass is 256 g/mol. The lowest BCUT2D eigenvalue weighted by molar-refractivity contribution is 0.453. The summed E-state index contributed by atoms with van der Waals surface area (Å²) in [6.07, 6.45) is 2.37. The molecule has 0 unspecified atom stereocenters. The summed E-state index contributed by atoms with van der Waals surface area (Å²) >= 11 is 0. The number of aromatic nitrogens is 2. The molecule has 0 fully saturated rings. The van der Waals surface area contributed by atoms with E-state index in [0.29, 0.717) is 17.2 Å². The number of ether oxygens (including phenoxy) is 1. The van der Waals surface area contributed by atoms with Gasteiger partial charge in [-0.1, -0.05) is 6.92 Å². The number of hydrogen-bond donors (Lipinski definition) is 2. The summed E-state index contributed by atoms with van der Waals surface area (Å²) in [5.74, 6) is 0.908. The first-order chi connectivity index (χ1) is 9.11. The molecule has 2 aromatic heterocycles. The highest BCUT2D eigenvalue weighted by Crippen LogP contribution is 2.25. The molecule has 5 nitrogen and oxygen atoms in total. The fourth-order valence-electron chi connectivity index (χ4n) is 1.73. The molecule has 2 heterocycles. The van der Waals surface area contributed by atoms with Crippen LogP contribution < -0.4 is 10.5 Å². The lowest BCUT2D eigenvalue weighted by Gasteiger charge is -2.11. The Morgan fingerprint density at radius 2 is 2.16 bits per heavy atom. The number of hydrogen-bond acceptors (Lipinski definition) is 4. The van der Waals surface area contributed by atoms with Crippen LogP contribution >= 0.6 is 0 Å². The van der Waals surface area contributed by atoms with Crippen molar-refractivity contribution in [1.29, 1.82) is 5.41 Å². The van der Waals surface area contributed by atoms with Crippen LogP contribution in [0.15, 0.2) is 30.5 Å². The van der Waals surface area contributed by atoms with Gasteiger partial charge in [0, 0.05) is 11.9 Å². The van der Waals surface area contributed by atoms with Gasteiger partial charge in [-0.05, 0) is 37.6 Å². The van der Waals surface area contributed by atoms with E-state index in [1.165, 1.54) is 0 Å². The van der Waals surface area contributed by atoms with E-state index < -0.39 is 0 Å². The van der Waals surface area contributed by atoms with Gasteiger partial charge in [-0.25, -0.2) is 4.98 Å². The topological polar surface area (TPSA) is 84.9 Å². The second-order valence-corrected chi connectivity index (χ2v) is 4.12. The molecule has 3 N–H and O–H groups in total. The highest BCUT2D eigenvalue weighted by Gasteiger charge is 2.11. The van der Waals surface area contributed by atoms with Gasteiger partial charge in [0.1, 0.15) is 5.84 Å². The quantitative estimate of drug-likeness (QED) is 0.650. The van der Waals surface area contributed by atoms with E-state index in [1.807, 2.05) is 26.0 Å². The van der Waals surface area contributed by atoms with Gasteiger partial charge in [0.25, 0.3) is 0 Å². The van der Waals surface area contributed by atoms with Crippen molar-refractivity contribution >= 4 is 5.84 Å². The Hall–Kier alpha value is -2.43. The molecule has 98 valence electrons. The van der Waals surface area contributed by atoms with Gasteiger partial charge in [-0.3, -0.25) is 10.4 Å². The summed E-state index contributed by atoms with van der Waals surface area (Å²) in [6.45, 7) is 3.95. The molecule has 0 atom stereocenters. The van der Waals surface area contributed by atoms with Crippen LogP contribution in [-0.4, -0.2) is 15.8 Å². The van der Waals surface area contributed by atoms with Crippen LogP contribution in [0.3, 0.4) is 0 Å². The number of rotatable bonds is 4. The molecule has 2 rings (SSSR count). The number of nitrogens with one attached hydrogen (secondary N) is 1. The third-order valence-electron chi connectivity index (χ3n) is 2.67. The lowest BCUT2D eigenvalue weighted by Crippen LogP contribution is -2.13. The predicted octanol–water partition coefficient (Wildman–Crippen LogP) is 2.42. The molecule has 0 saturated heterocycles. The minimum absolute atomic E-state index is 0.0683. The second-order valence-electron chi connectivity index (χ2n) is 4.12. The summed E-state index contributed by atoms with van der Waals surface area (Å²) in [5, 5.41) is 7.52. The van der Waals surface area contributed by atoms with Crippen LogP contribution in [0.25, 0.3) is 0 Å². The largest absolute Gasteiger partial charge is 0.436 e. The van der Waals surface area contributed by atoms with Gasteiger partial charge in [0.15, 0.2) is 5.75 Å². The molecule has 0 aliphatic rings. The van der Waals surface area contributed by atoms with Gasteiger partial charge in [0.05, 0.1) is 11.3 Å². The van der Waals surface area contributed by atoms with Crippen molar-refractivity contribution in [2.75, 3.05) is 0 Å². The number of nitrogen functional groups attached to an aromatic ring is 1. The summed E-state index contributed by atoms with van der Waals surface area (Å²) in [4.78, 5) is 8.55. The van der Waals surface area contributed by atoms with Crippen molar-refractivity contribution in [3.63, 3.8) is 0 Å². The first kappa shape index (κ1) is 13.0. The summed E-state index contributed by atoms with van der Waals surface area (Å²) in [5.41, 5.74) is 7.79. The summed E-state index contributed by atoms with van der Waals surface area (Å²) in [6, 6.07) is 7.17. The Balaban J connectivity index is 2.39. The van der Waals surface area contributed by atoms with Gasteiger partial charge in [-0.15, -0.1) is 0 Å². The molecule has 5 heteroatoms. The lowest BCUT2D eigenvalue weighted by atomic mass is 10.2. The molecule has 0 radical (unpaired) electrons. The van der Waals surface area contributed by atoms with E-state index in [4.69, 9.17) is 15.9 Å². The molecule has 0 spiro atoms. The number of nitrogens with two attached hydrogens (primary N) is 1. The van der Waals surface area contributed by atoms with Crippen molar-refractivity contribution in [3.8, 4) is 11.6 Å². The number of nitrogens with zero attached hydrogens (tertiary/aromatic N) is 2. The van der Waals surface area contributed by atoms with Gasteiger partial charge in [0.2, 0.25) is 5.88 Å². The van der Waals surface area contributed by atoms with Crippen LogP contribution in [0.1, 0.15) is 23.9 Å². The third kappa shape index (κ3) is 2.88. The summed E-state index contributed by atoms with van der Waals surface area (Å²) in [7, 11) is 0. The van der Waals surface area contributed by atoms with E-state index in [-0.39, 0.29) is 5.84 Å². The standard InChI is InChI=1S/C14H16N4O/c1-3-11-12(7-6-9(2)18-11)19-14-10(13(15)16)5-4-8-17-14/h4-8H,3H2,1-2H3,(H3,15,16). The minimum atomic E-state index is -0.0683. The molecule has 0 aliphatic heterocycles. The second kappa shape index (κ2) is 5.48. The zero-order chi connectivity index (χ0) is 13.8. The van der Waals surface area contributed by atoms with Gasteiger partial charge < -0.3 is 10.5 Å². The van der Waals surface area contributed by atoms with Crippen molar-refractivity contribution in [2.24, 2.45) is 5.73 Å². The van der Waals surface area contributed by atoms with Crippen molar-refractivity contribution in [2.45, 2.75) is 20.3 Å². The SMILES string of the molecule is CCc1nc(C)ccc1Oc1ncccc1C(=N)N. The Bertz CT molecular complexity index is 610. The number of aryl methyl sites for hydroxylation is 2. The molecule has 0 amide bonds. The van der Waals surface area contributed by atoms with Crippen LogP contribution in [0.2, 0.25) is 0 Å². The molecule has 0 bridgehead atoms. The van der Waals surface area contributed by atoms with E-state index >= 15 is 0 Å². The maximum Gasteiger partial charge on any atom is 0.230 e. The third-order valence-corrected chi connectivity index (χ3v) is 2.67. The van der Waals surface area contributed by atoms with E-state index in [9.17, 15) is 0 Å². The van der Waals surface area contributed by atoms with Gasteiger partial charge >= 0.3 is 0 Å². The van der Waals surface area contributed by atoms with E-state index in [0.717, 1.165) is 17.8 Å². The molecule has 2 aromatic rings. The first-order valence-electron chi connectivity index (χ1n) is 6.05. The number of pyridine rings is 2. The Kier molecular flexibility index (Phi) is 3.75. The normalized spacial score (nSPS) is 10.2. The molecule has 0 aromatic carbocycles. The maximum absolute atomic E-state index is 7.52. The molecule has 19 heavy (non-hydrogen) atoms. The highest BCUT2D eigenvalue weighted by atomic mass is 16.5. The van der Waals surface area contributed by atoms with E-state index in [1.54, 1.807) is 18.3 Å². The molecular formula is C14H16N4O. The Labute approximate surface area is 112 Å². The van der Waals surface area contributed by atoms with Crippen LogP contribution in [0, 0.1) is 12.3 Å². The smallest absolute Gasteiger partial charge is 0.230 e. The van der Waals surface area contributed by atoms with Crippen LogP contribution in [-0.2, 0) is 6.42 Å². The maximum atomic E-state index is 7.52. The van der Waals surface area contributed by atoms with Crippen molar-refractivity contribution in [3.05, 3.63) is 47.4 Å². The summed E-state index contributed by atoms with van der Waals surface area (Å²) < 4.78 is 5.75. The predicted molar refractivity (Wildman–Crippen MR) is 73.7 cm³/mol. The van der Waals surface area contributed by atoms with Crippen LogP contribution in [0.5, 0.6) is 11.6 Å². The van der Waals surface area contributed by atoms with Crippen molar-refractivity contribution in [1.82, 2.24) is 9.97 Å². The average molecular weight is 256 g/mol. The molecule has 0 saturated carbocycles. The fourth-order valence-corrected chi connectivity index (χ4v) is 1.73. The minimum Gasteiger partial charge on any atom is -0.436 e. The molecular weight excluding hydrogens is 240 g/mol. The zero-order valence-corrected chi connectivity index (χ0v) is 11.0. The molecule has 0 aliphatic carbocycles. The van der Waals surface area contributed by atoms with Gasteiger partial charge in [-0.2, -0.15) is 0 Å². The zero-order valence-electron chi connectivity index (χ0n) is 11.0. The van der Waals surface area contributed by atoms with Crippen molar-refractivity contribution < 1.29 is 4.74 Å². The number of amidine groups is 1. The Morgan fingerprint density at radius 1 is 1.37 bits per heavy atom. The average Bonchev–Trinajstić information content (AvgIpc) is 2.41. The fraction of sp³-hybridized carbons (Fsp3) is 0.214. The Morgan fingerprint density at radius 3 is 2.84 bits per heavy atom. The highest BCUT2D eigenvalue weighted by molar-refractivity contribution is 5.97. The van der Waals surface area contributed by atoms with E-state index in [2.05, 4.69) is 9.97 Å².